The minimum Gasteiger partial charge on any atom is -0.312 e. The molecule has 2 rings (SSSR count). The first kappa shape index (κ1) is 13.8. The van der Waals surface area contributed by atoms with Crippen molar-refractivity contribution in [1.82, 2.24) is 10.2 Å². The maximum atomic E-state index is 13.6. The Balaban J connectivity index is 1.77. The van der Waals surface area contributed by atoms with Gasteiger partial charge in [-0.05, 0) is 51.5 Å². The van der Waals surface area contributed by atoms with Crippen LogP contribution in [0.25, 0.3) is 0 Å². The first-order valence-corrected chi connectivity index (χ1v) is 6.87. The van der Waals surface area contributed by atoms with Crippen molar-refractivity contribution >= 4 is 11.6 Å². The Morgan fingerprint density at radius 3 is 2.83 bits per heavy atom. The molecule has 4 heteroatoms. The van der Waals surface area contributed by atoms with Crippen LogP contribution in [0.1, 0.15) is 18.4 Å². The lowest BCUT2D eigenvalue weighted by atomic mass is 9.97. The molecule has 1 N–H and O–H groups in total. The summed E-state index contributed by atoms with van der Waals surface area (Å²) in [5, 5.41) is 3.54. The van der Waals surface area contributed by atoms with Gasteiger partial charge in [0.15, 0.2) is 0 Å². The lowest BCUT2D eigenvalue weighted by Crippen LogP contribution is -2.34. The first-order chi connectivity index (χ1) is 8.66. The van der Waals surface area contributed by atoms with Gasteiger partial charge in [0.05, 0.1) is 5.02 Å². The van der Waals surface area contributed by atoms with Crippen molar-refractivity contribution in [2.75, 3.05) is 26.7 Å². The van der Waals surface area contributed by atoms with E-state index in [-0.39, 0.29) is 10.8 Å². The molecular weight excluding hydrogens is 251 g/mol. The SMILES string of the molecule is CN1CCC(CNCc2cccc(Cl)c2F)CC1. The number of halogens is 2. The van der Waals surface area contributed by atoms with Crippen molar-refractivity contribution in [1.29, 1.82) is 0 Å². The fourth-order valence-corrected chi connectivity index (χ4v) is 2.56. The van der Waals surface area contributed by atoms with Gasteiger partial charge in [-0.15, -0.1) is 0 Å². The first-order valence-electron chi connectivity index (χ1n) is 6.49. The molecule has 0 radical (unpaired) electrons. The van der Waals surface area contributed by atoms with Gasteiger partial charge in [-0.2, -0.15) is 0 Å². The van der Waals surface area contributed by atoms with E-state index in [2.05, 4.69) is 17.3 Å². The lowest BCUT2D eigenvalue weighted by Gasteiger charge is -2.29. The second-order valence-corrected chi connectivity index (χ2v) is 5.50. The number of nitrogens with zero attached hydrogens (tertiary/aromatic N) is 1. The van der Waals surface area contributed by atoms with Crippen LogP contribution in [0.5, 0.6) is 0 Å². The maximum Gasteiger partial charge on any atom is 0.146 e. The normalized spacial score (nSPS) is 18.2. The molecule has 0 unspecified atom stereocenters. The number of likely N-dealkylation sites (tertiary alicyclic amines) is 1. The molecule has 18 heavy (non-hydrogen) atoms. The predicted molar refractivity (Wildman–Crippen MR) is 73.3 cm³/mol. The van der Waals surface area contributed by atoms with Gasteiger partial charge in [0.1, 0.15) is 5.82 Å². The maximum absolute atomic E-state index is 13.6. The van der Waals surface area contributed by atoms with Gasteiger partial charge in [0, 0.05) is 12.1 Å². The van der Waals surface area contributed by atoms with Gasteiger partial charge in [-0.1, -0.05) is 23.7 Å². The van der Waals surface area contributed by atoms with Crippen LogP contribution >= 0.6 is 11.6 Å². The Morgan fingerprint density at radius 2 is 2.11 bits per heavy atom. The highest BCUT2D eigenvalue weighted by atomic mass is 35.5. The summed E-state index contributed by atoms with van der Waals surface area (Å²) in [7, 11) is 2.16. The smallest absolute Gasteiger partial charge is 0.146 e. The summed E-state index contributed by atoms with van der Waals surface area (Å²) in [4.78, 5) is 2.35. The summed E-state index contributed by atoms with van der Waals surface area (Å²) >= 11 is 5.75. The standard InChI is InChI=1S/C14H20ClFN2/c1-18-7-5-11(6-8-18)9-17-10-12-3-2-4-13(15)14(12)16/h2-4,11,17H,5-10H2,1H3. The fraction of sp³-hybridized carbons (Fsp3) is 0.571. The second kappa shape index (κ2) is 6.50. The van der Waals surface area contributed by atoms with Gasteiger partial charge >= 0.3 is 0 Å². The summed E-state index contributed by atoms with van der Waals surface area (Å²) in [5.74, 6) is 0.415. The number of piperidine rings is 1. The summed E-state index contributed by atoms with van der Waals surface area (Å²) in [6.07, 6.45) is 2.45. The zero-order valence-corrected chi connectivity index (χ0v) is 11.5. The van der Waals surface area contributed by atoms with Gasteiger partial charge < -0.3 is 10.2 Å². The molecule has 1 heterocycles. The predicted octanol–water partition coefficient (Wildman–Crippen LogP) is 2.91. The van der Waals surface area contributed by atoms with E-state index in [1.165, 1.54) is 12.8 Å². The van der Waals surface area contributed by atoms with Crippen LogP contribution in [-0.4, -0.2) is 31.6 Å². The molecule has 1 fully saturated rings. The molecule has 0 saturated carbocycles. The molecule has 1 saturated heterocycles. The topological polar surface area (TPSA) is 15.3 Å². The molecule has 1 aromatic carbocycles. The Morgan fingerprint density at radius 1 is 1.39 bits per heavy atom. The van der Waals surface area contributed by atoms with E-state index < -0.39 is 0 Å². The Kier molecular flexibility index (Phi) is 4.98. The number of hydrogen-bond donors (Lipinski definition) is 1. The zero-order valence-electron chi connectivity index (χ0n) is 10.8. The molecule has 0 atom stereocenters. The summed E-state index contributed by atoms with van der Waals surface area (Å²) in [6.45, 7) is 3.84. The molecule has 0 amide bonds. The highest BCUT2D eigenvalue weighted by Gasteiger charge is 2.16. The summed E-state index contributed by atoms with van der Waals surface area (Å²) < 4.78 is 13.6. The van der Waals surface area contributed by atoms with Gasteiger partial charge in [-0.25, -0.2) is 4.39 Å². The molecule has 0 aliphatic carbocycles. The van der Waals surface area contributed by atoms with Crippen LogP contribution in [-0.2, 0) is 6.54 Å². The van der Waals surface area contributed by atoms with E-state index >= 15 is 0 Å². The Hall–Kier alpha value is -0.640. The number of rotatable bonds is 4. The molecule has 1 aliphatic rings. The molecular formula is C14H20ClFN2. The highest BCUT2D eigenvalue weighted by Crippen LogP contribution is 2.18. The molecule has 1 aromatic rings. The van der Waals surface area contributed by atoms with Crippen molar-refractivity contribution in [3.05, 3.63) is 34.6 Å². The van der Waals surface area contributed by atoms with Crippen molar-refractivity contribution in [3.63, 3.8) is 0 Å². The van der Waals surface area contributed by atoms with Crippen LogP contribution < -0.4 is 5.32 Å². The lowest BCUT2D eigenvalue weighted by molar-refractivity contribution is 0.216. The largest absolute Gasteiger partial charge is 0.312 e. The number of benzene rings is 1. The Labute approximate surface area is 113 Å². The molecule has 0 aromatic heterocycles. The third-order valence-electron chi connectivity index (χ3n) is 3.62. The monoisotopic (exact) mass is 270 g/mol. The molecule has 0 spiro atoms. The average Bonchev–Trinajstić information content (AvgIpc) is 2.37. The van der Waals surface area contributed by atoms with Crippen molar-refractivity contribution in [2.45, 2.75) is 19.4 Å². The van der Waals surface area contributed by atoms with E-state index in [1.807, 2.05) is 0 Å². The van der Waals surface area contributed by atoms with Crippen molar-refractivity contribution in [2.24, 2.45) is 5.92 Å². The minimum absolute atomic E-state index is 0.202. The van der Waals surface area contributed by atoms with Gasteiger partial charge in [0.2, 0.25) is 0 Å². The number of nitrogens with one attached hydrogen (secondary N) is 1. The second-order valence-electron chi connectivity index (χ2n) is 5.09. The molecule has 100 valence electrons. The quantitative estimate of drug-likeness (QED) is 0.905. The van der Waals surface area contributed by atoms with Crippen LogP contribution in [0.15, 0.2) is 18.2 Å². The third kappa shape index (κ3) is 3.67. The summed E-state index contributed by atoms with van der Waals surface area (Å²) in [6, 6.07) is 5.15. The van der Waals surface area contributed by atoms with Crippen LogP contribution in [0, 0.1) is 11.7 Å². The van der Waals surface area contributed by atoms with E-state index in [9.17, 15) is 4.39 Å². The molecule has 2 nitrogen and oxygen atoms in total. The van der Waals surface area contributed by atoms with E-state index in [4.69, 9.17) is 11.6 Å². The van der Waals surface area contributed by atoms with Crippen molar-refractivity contribution in [3.8, 4) is 0 Å². The number of hydrogen-bond acceptors (Lipinski definition) is 2. The third-order valence-corrected chi connectivity index (χ3v) is 3.91. The van der Waals surface area contributed by atoms with Crippen molar-refractivity contribution < 1.29 is 4.39 Å². The van der Waals surface area contributed by atoms with Crippen LogP contribution in [0.4, 0.5) is 4.39 Å². The fourth-order valence-electron chi connectivity index (χ4n) is 2.36. The Bertz CT molecular complexity index is 389. The van der Waals surface area contributed by atoms with E-state index in [1.54, 1.807) is 18.2 Å². The van der Waals surface area contributed by atoms with E-state index in [0.717, 1.165) is 19.6 Å². The molecule has 1 aliphatic heterocycles. The molecule has 0 bridgehead atoms. The van der Waals surface area contributed by atoms with Gasteiger partial charge in [-0.3, -0.25) is 0 Å². The zero-order chi connectivity index (χ0) is 13.0. The minimum atomic E-state index is -0.296. The van der Waals surface area contributed by atoms with E-state index in [0.29, 0.717) is 18.0 Å². The highest BCUT2D eigenvalue weighted by molar-refractivity contribution is 6.30. The average molecular weight is 271 g/mol. The summed E-state index contributed by atoms with van der Waals surface area (Å²) in [5.41, 5.74) is 0.649. The van der Waals surface area contributed by atoms with Gasteiger partial charge in [0.25, 0.3) is 0 Å². The van der Waals surface area contributed by atoms with Crippen LogP contribution in [0.2, 0.25) is 5.02 Å². The van der Waals surface area contributed by atoms with Crippen LogP contribution in [0.3, 0.4) is 0 Å².